The summed E-state index contributed by atoms with van der Waals surface area (Å²) in [5, 5.41) is 6.76. The molecule has 0 spiro atoms. The van der Waals surface area contributed by atoms with Crippen LogP contribution in [0.15, 0.2) is 29.3 Å². The number of hydrogen-bond acceptors (Lipinski definition) is 3. The summed E-state index contributed by atoms with van der Waals surface area (Å²) in [4.78, 5) is 7.15. The second-order valence-electron chi connectivity index (χ2n) is 5.70. The Bertz CT molecular complexity index is 484. The average molecular weight is 318 g/mol. The maximum Gasteiger partial charge on any atom is 0.191 e. The van der Waals surface area contributed by atoms with E-state index >= 15 is 0 Å². The number of benzene rings is 1. The molecule has 1 saturated heterocycles. The summed E-state index contributed by atoms with van der Waals surface area (Å²) in [5.74, 6) is 0.895. The van der Waals surface area contributed by atoms with Gasteiger partial charge in [0.2, 0.25) is 0 Å². The van der Waals surface area contributed by atoms with Gasteiger partial charge in [-0.1, -0.05) is 31.2 Å². The number of ether oxygens (including phenoxy) is 1. The van der Waals surface area contributed by atoms with Gasteiger partial charge in [0.1, 0.15) is 0 Å². The average Bonchev–Trinajstić information content (AvgIpc) is 2.61. The van der Waals surface area contributed by atoms with Gasteiger partial charge in [-0.05, 0) is 24.5 Å². The summed E-state index contributed by atoms with van der Waals surface area (Å²) in [6.45, 7) is 11.6. The second-order valence-corrected chi connectivity index (χ2v) is 5.70. The van der Waals surface area contributed by atoms with Gasteiger partial charge in [0.05, 0.1) is 19.8 Å². The molecule has 5 heteroatoms. The molecule has 0 bridgehead atoms. The molecule has 1 aliphatic rings. The molecule has 0 aromatic heterocycles. The molecule has 128 valence electrons. The van der Waals surface area contributed by atoms with Crippen LogP contribution in [0.1, 0.15) is 25.0 Å². The standard InChI is InChI=1S/C18H30N4O/c1-3-16-7-5-6-8-17(16)15-21-18(19-4-2)20-9-10-22-11-13-23-14-12-22/h5-8H,3-4,9-15H2,1-2H3,(H2,19,20,21). The molecule has 5 nitrogen and oxygen atoms in total. The fourth-order valence-corrected chi connectivity index (χ4v) is 2.72. The minimum Gasteiger partial charge on any atom is -0.379 e. The van der Waals surface area contributed by atoms with Crippen molar-refractivity contribution in [1.82, 2.24) is 15.5 Å². The molecule has 0 unspecified atom stereocenters. The van der Waals surface area contributed by atoms with Gasteiger partial charge in [0, 0.05) is 32.7 Å². The quantitative estimate of drug-likeness (QED) is 0.593. The van der Waals surface area contributed by atoms with Gasteiger partial charge >= 0.3 is 0 Å². The van der Waals surface area contributed by atoms with E-state index in [0.717, 1.165) is 64.9 Å². The van der Waals surface area contributed by atoms with Gasteiger partial charge in [-0.2, -0.15) is 0 Å². The molecule has 23 heavy (non-hydrogen) atoms. The Balaban J connectivity index is 1.84. The molecule has 0 radical (unpaired) electrons. The highest BCUT2D eigenvalue weighted by molar-refractivity contribution is 5.79. The summed E-state index contributed by atoms with van der Waals surface area (Å²) in [6, 6.07) is 8.53. The molecular formula is C18H30N4O. The number of aryl methyl sites for hydroxylation is 1. The zero-order chi connectivity index (χ0) is 16.3. The predicted octanol–water partition coefficient (Wildman–Crippen LogP) is 1.64. The first-order valence-corrected chi connectivity index (χ1v) is 8.72. The number of nitrogens with zero attached hydrogens (tertiary/aromatic N) is 2. The number of nitrogens with one attached hydrogen (secondary N) is 2. The monoisotopic (exact) mass is 318 g/mol. The van der Waals surface area contributed by atoms with Crippen LogP contribution in [0.5, 0.6) is 0 Å². The van der Waals surface area contributed by atoms with E-state index in [9.17, 15) is 0 Å². The number of morpholine rings is 1. The maximum atomic E-state index is 5.38. The third kappa shape index (κ3) is 6.20. The van der Waals surface area contributed by atoms with Crippen molar-refractivity contribution in [3.8, 4) is 0 Å². The van der Waals surface area contributed by atoms with Crippen molar-refractivity contribution in [3.63, 3.8) is 0 Å². The Hall–Kier alpha value is -1.59. The van der Waals surface area contributed by atoms with E-state index in [1.807, 2.05) is 0 Å². The Morgan fingerprint density at radius 3 is 2.57 bits per heavy atom. The fourth-order valence-electron chi connectivity index (χ4n) is 2.72. The normalized spacial score (nSPS) is 16.3. The number of hydrogen-bond donors (Lipinski definition) is 2. The van der Waals surface area contributed by atoms with Crippen LogP contribution in [0.3, 0.4) is 0 Å². The molecule has 2 rings (SSSR count). The van der Waals surface area contributed by atoms with Crippen LogP contribution >= 0.6 is 0 Å². The molecule has 1 aliphatic heterocycles. The highest BCUT2D eigenvalue weighted by Gasteiger charge is 2.09. The first-order chi connectivity index (χ1) is 11.3. The van der Waals surface area contributed by atoms with E-state index in [4.69, 9.17) is 9.73 Å². The molecular weight excluding hydrogens is 288 g/mol. The molecule has 0 amide bonds. The molecule has 0 aliphatic carbocycles. The molecule has 1 fully saturated rings. The number of aliphatic imine (C=N–C) groups is 1. The van der Waals surface area contributed by atoms with E-state index < -0.39 is 0 Å². The van der Waals surface area contributed by atoms with Crippen molar-refractivity contribution in [1.29, 1.82) is 0 Å². The zero-order valence-corrected chi connectivity index (χ0v) is 14.5. The lowest BCUT2D eigenvalue weighted by Gasteiger charge is -2.26. The zero-order valence-electron chi connectivity index (χ0n) is 14.5. The molecule has 0 atom stereocenters. The van der Waals surface area contributed by atoms with Crippen LogP contribution < -0.4 is 10.6 Å². The lowest BCUT2D eigenvalue weighted by Crippen LogP contribution is -2.44. The van der Waals surface area contributed by atoms with Gasteiger partial charge in [-0.15, -0.1) is 0 Å². The van der Waals surface area contributed by atoms with E-state index in [0.29, 0.717) is 0 Å². The molecule has 1 heterocycles. The van der Waals surface area contributed by atoms with Crippen molar-refractivity contribution in [2.24, 2.45) is 4.99 Å². The Kier molecular flexibility index (Phi) is 7.90. The van der Waals surface area contributed by atoms with E-state index in [1.54, 1.807) is 0 Å². The Morgan fingerprint density at radius 2 is 1.87 bits per heavy atom. The maximum absolute atomic E-state index is 5.38. The summed E-state index contributed by atoms with van der Waals surface area (Å²) < 4.78 is 5.38. The molecule has 0 saturated carbocycles. The molecule has 2 N–H and O–H groups in total. The van der Waals surface area contributed by atoms with Crippen LogP contribution in [0.4, 0.5) is 0 Å². The van der Waals surface area contributed by atoms with Crippen LogP contribution in [-0.4, -0.2) is 56.8 Å². The predicted molar refractivity (Wildman–Crippen MR) is 95.9 cm³/mol. The van der Waals surface area contributed by atoms with Crippen LogP contribution in [-0.2, 0) is 17.7 Å². The summed E-state index contributed by atoms with van der Waals surface area (Å²) in [6.07, 6.45) is 1.05. The third-order valence-electron chi connectivity index (χ3n) is 4.08. The van der Waals surface area contributed by atoms with Crippen molar-refractivity contribution in [3.05, 3.63) is 35.4 Å². The highest BCUT2D eigenvalue weighted by atomic mass is 16.5. The van der Waals surface area contributed by atoms with Crippen LogP contribution in [0.25, 0.3) is 0 Å². The SMILES string of the molecule is CCNC(=NCc1ccccc1CC)NCCN1CCOCC1. The molecule has 1 aromatic rings. The summed E-state index contributed by atoms with van der Waals surface area (Å²) in [7, 11) is 0. The number of guanidine groups is 1. The first-order valence-electron chi connectivity index (χ1n) is 8.72. The lowest BCUT2D eigenvalue weighted by molar-refractivity contribution is 0.0389. The highest BCUT2D eigenvalue weighted by Crippen LogP contribution is 2.10. The Morgan fingerprint density at radius 1 is 1.13 bits per heavy atom. The topological polar surface area (TPSA) is 48.9 Å². The molecule has 1 aromatic carbocycles. The van der Waals surface area contributed by atoms with Crippen LogP contribution in [0, 0.1) is 0 Å². The minimum absolute atomic E-state index is 0.719. The van der Waals surface area contributed by atoms with E-state index in [-0.39, 0.29) is 0 Å². The van der Waals surface area contributed by atoms with Crippen molar-refractivity contribution in [2.45, 2.75) is 26.8 Å². The van der Waals surface area contributed by atoms with Crippen molar-refractivity contribution in [2.75, 3.05) is 45.9 Å². The smallest absolute Gasteiger partial charge is 0.191 e. The fraction of sp³-hybridized carbons (Fsp3) is 0.611. The number of rotatable bonds is 7. The van der Waals surface area contributed by atoms with E-state index in [1.165, 1.54) is 11.1 Å². The second kappa shape index (κ2) is 10.2. The summed E-state index contributed by atoms with van der Waals surface area (Å²) >= 11 is 0. The summed E-state index contributed by atoms with van der Waals surface area (Å²) in [5.41, 5.74) is 2.68. The first kappa shape index (κ1) is 17.8. The van der Waals surface area contributed by atoms with Gasteiger partial charge in [-0.25, -0.2) is 4.99 Å². The van der Waals surface area contributed by atoms with Gasteiger partial charge < -0.3 is 15.4 Å². The Labute approximate surface area is 140 Å². The van der Waals surface area contributed by atoms with Crippen molar-refractivity contribution >= 4 is 5.96 Å². The van der Waals surface area contributed by atoms with Gasteiger partial charge in [0.25, 0.3) is 0 Å². The van der Waals surface area contributed by atoms with Crippen molar-refractivity contribution < 1.29 is 4.74 Å². The minimum atomic E-state index is 0.719. The largest absolute Gasteiger partial charge is 0.379 e. The third-order valence-corrected chi connectivity index (χ3v) is 4.08. The lowest BCUT2D eigenvalue weighted by atomic mass is 10.1. The van der Waals surface area contributed by atoms with Crippen LogP contribution in [0.2, 0.25) is 0 Å². The van der Waals surface area contributed by atoms with Gasteiger partial charge in [-0.3, -0.25) is 4.90 Å². The van der Waals surface area contributed by atoms with E-state index in [2.05, 4.69) is 53.6 Å². The van der Waals surface area contributed by atoms with Gasteiger partial charge in [0.15, 0.2) is 5.96 Å².